The normalized spacial score (nSPS) is 44.2. The number of fused-ring (bicyclic) bond motifs is 5. The first-order chi connectivity index (χ1) is 15.0. The predicted octanol–water partition coefficient (Wildman–Crippen LogP) is 4.79. The smallest absolute Gasteiger partial charge is 0.138 e. The van der Waals surface area contributed by atoms with Crippen LogP contribution in [-0.2, 0) is 11.3 Å². The Morgan fingerprint density at radius 2 is 2.00 bits per heavy atom. The first kappa shape index (κ1) is 21.5. The molecule has 5 rings (SSSR count). The molecule has 0 spiro atoms. The van der Waals surface area contributed by atoms with E-state index in [2.05, 4.69) is 18.1 Å². The Kier molecular flexibility index (Phi) is 5.67. The molecule has 4 fully saturated rings. The quantitative estimate of drug-likeness (QED) is 0.736. The molecule has 0 aliphatic heterocycles. The van der Waals surface area contributed by atoms with Gasteiger partial charge in [-0.05, 0) is 111 Å². The second-order valence-corrected chi connectivity index (χ2v) is 11.5. The fraction of sp³-hybridized carbons (Fsp3) is 0.846. The zero-order chi connectivity index (χ0) is 21.6. The van der Waals surface area contributed by atoms with E-state index in [1.54, 1.807) is 13.3 Å². The number of aromatic nitrogens is 2. The van der Waals surface area contributed by atoms with Gasteiger partial charge in [-0.15, -0.1) is 0 Å². The summed E-state index contributed by atoms with van der Waals surface area (Å²) in [5, 5.41) is 24.6. The number of ether oxygens (including phenoxy) is 1. The Balaban J connectivity index is 1.26. The zero-order valence-corrected chi connectivity index (χ0v) is 19.3. The van der Waals surface area contributed by atoms with Crippen molar-refractivity contribution in [1.82, 2.24) is 9.78 Å². The van der Waals surface area contributed by atoms with Crippen LogP contribution in [0.3, 0.4) is 0 Å². The number of aryl methyl sites for hydroxylation is 1. The van der Waals surface area contributed by atoms with Crippen molar-refractivity contribution in [3.05, 3.63) is 18.0 Å². The minimum absolute atomic E-state index is 0.458. The van der Waals surface area contributed by atoms with E-state index in [1.165, 1.54) is 44.9 Å². The topological polar surface area (TPSA) is 71.1 Å². The van der Waals surface area contributed by atoms with Gasteiger partial charge >= 0.3 is 0 Å². The molecule has 1 heterocycles. The van der Waals surface area contributed by atoms with Gasteiger partial charge in [0.1, 0.15) is 11.8 Å². The summed E-state index contributed by atoms with van der Waals surface area (Å²) in [6.07, 6.45) is 14.1. The largest absolute Gasteiger partial charge is 0.387 e. The summed E-state index contributed by atoms with van der Waals surface area (Å²) >= 11 is 0. The molecule has 0 radical (unpaired) electrons. The first-order valence-corrected chi connectivity index (χ1v) is 12.6. The van der Waals surface area contributed by atoms with Gasteiger partial charge < -0.3 is 9.84 Å². The van der Waals surface area contributed by atoms with Gasteiger partial charge in [-0.1, -0.05) is 6.92 Å². The Morgan fingerprint density at radius 3 is 2.81 bits per heavy atom. The SMILES string of the molecule is COC[C@@]1(O)CC[C@H]2[C@H](CC[C@@H]3[C@@H]2CC[C@]2(C)[C@@H](CCn4nccc4C#N)CC[C@@H]32)C1. The van der Waals surface area contributed by atoms with Crippen molar-refractivity contribution < 1.29 is 9.84 Å². The summed E-state index contributed by atoms with van der Waals surface area (Å²) in [6.45, 7) is 3.96. The van der Waals surface area contributed by atoms with Crippen LogP contribution in [0, 0.1) is 52.3 Å². The Morgan fingerprint density at radius 1 is 1.16 bits per heavy atom. The molecule has 1 aromatic heterocycles. The monoisotopic (exact) mass is 425 g/mol. The molecule has 170 valence electrons. The van der Waals surface area contributed by atoms with E-state index in [0.717, 1.165) is 55.4 Å². The molecule has 1 N–H and O–H groups in total. The molecule has 31 heavy (non-hydrogen) atoms. The third-order valence-corrected chi connectivity index (χ3v) is 10.2. The van der Waals surface area contributed by atoms with Crippen LogP contribution >= 0.6 is 0 Å². The Labute approximate surface area is 187 Å². The van der Waals surface area contributed by atoms with Crippen LogP contribution in [0.25, 0.3) is 0 Å². The van der Waals surface area contributed by atoms with Crippen molar-refractivity contribution in [2.75, 3.05) is 13.7 Å². The van der Waals surface area contributed by atoms with Crippen LogP contribution < -0.4 is 0 Å². The van der Waals surface area contributed by atoms with Gasteiger partial charge in [0, 0.05) is 13.7 Å². The number of methoxy groups -OCH3 is 1. The van der Waals surface area contributed by atoms with Gasteiger partial charge in [-0.2, -0.15) is 10.4 Å². The fourth-order valence-electron chi connectivity index (χ4n) is 8.83. The second-order valence-electron chi connectivity index (χ2n) is 11.5. The molecule has 5 heteroatoms. The van der Waals surface area contributed by atoms with E-state index in [4.69, 9.17) is 4.74 Å². The molecule has 8 atom stereocenters. The molecular weight excluding hydrogens is 386 g/mol. The summed E-state index contributed by atoms with van der Waals surface area (Å²) in [4.78, 5) is 0. The molecule has 5 nitrogen and oxygen atoms in total. The number of aliphatic hydroxyl groups is 1. The van der Waals surface area contributed by atoms with Gasteiger partial charge in [-0.25, -0.2) is 0 Å². The van der Waals surface area contributed by atoms with Crippen LogP contribution in [-0.4, -0.2) is 34.2 Å². The van der Waals surface area contributed by atoms with Crippen molar-refractivity contribution in [3.8, 4) is 6.07 Å². The first-order valence-electron chi connectivity index (χ1n) is 12.6. The molecule has 4 saturated carbocycles. The van der Waals surface area contributed by atoms with E-state index >= 15 is 0 Å². The summed E-state index contributed by atoms with van der Waals surface area (Å²) in [5.41, 5.74) is 0.561. The highest BCUT2D eigenvalue weighted by molar-refractivity contribution is 5.18. The predicted molar refractivity (Wildman–Crippen MR) is 119 cm³/mol. The maximum Gasteiger partial charge on any atom is 0.138 e. The van der Waals surface area contributed by atoms with Crippen molar-refractivity contribution >= 4 is 0 Å². The minimum atomic E-state index is -0.584. The van der Waals surface area contributed by atoms with Gasteiger partial charge in [0.25, 0.3) is 0 Å². The minimum Gasteiger partial charge on any atom is -0.387 e. The molecule has 4 aliphatic carbocycles. The summed E-state index contributed by atoms with van der Waals surface area (Å²) in [5.74, 6) is 4.90. The van der Waals surface area contributed by atoms with Crippen LogP contribution in [0.2, 0.25) is 0 Å². The number of hydrogen-bond donors (Lipinski definition) is 1. The van der Waals surface area contributed by atoms with E-state index < -0.39 is 5.60 Å². The van der Waals surface area contributed by atoms with E-state index in [0.29, 0.717) is 23.6 Å². The molecule has 4 aliphatic rings. The average Bonchev–Trinajstić information content (AvgIpc) is 3.35. The number of nitriles is 1. The summed E-state index contributed by atoms with van der Waals surface area (Å²) in [7, 11) is 1.72. The lowest BCUT2D eigenvalue weighted by Crippen LogP contribution is -2.51. The molecular formula is C26H39N3O2. The lowest BCUT2D eigenvalue weighted by Gasteiger charge is -2.57. The third kappa shape index (κ3) is 3.64. The Bertz CT molecular complexity index is 831. The van der Waals surface area contributed by atoms with Crippen LogP contribution in [0.5, 0.6) is 0 Å². The molecule has 0 aromatic carbocycles. The second kappa shape index (κ2) is 8.19. The Hall–Kier alpha value is -1.38. The summed E-state index contributed by atoms with van der Waals surface area (Å²) < 4.78 is 7.24. The van der Waals surface area contributed by atoms with Gasteiger partial charge in [0.2, 0.25) is 0 Å². The fourth-order valence-corrected chi connectivity index (χ4v) is 8.83. The van der Waals surface area contributed by atoms with Crippen molar-refractivity contribution in [2.45, 2.75) is 83.3 Å². The highest BCUT2D eigenvalue weighted by Crippen LogP contribution is 2.65. The highest BCUT2D eigenvalue weighted by atomic mass is 16.5. The van der Waals surface area contributed by atoms with Crippen LogP contribution in [0.1, 0.15) is 76.8 Å². The van der Waals surface area contributed by atoms with Gasteiger partial charge in [0.05, 0.1) is 18.4 Å². The van der Waals surface area contributed by atoms with Crippen molar-refractivity contribution in [2.24, 2.45) is 40.9 Å². The molecule has 0 unspecified atom stereocenters. The number of rotatable bonds is 5. The van der Waals surface area contributed by atoms with Gasteiger partial charge in [-0.3, -0.25) is 4.68 Å². The van der Waals surface area contributed by atoms with Crippen LogP contribution in [0.15, 0.2) is 12.3 Å². The molecule has 0 amide bonds. The van der Waals surface area contributed by atoms with Crippen molar-refractivity contribution in [1.29, 1.82) is 5.26 Å². The standard InChI is InChI=1S/C26H39N3O2/c1-25-11-7-22-21-8-12-26(30,17-31-2)15-18(21)3-5-23(22)24(25)6-4-19(25)10-14-29-20(16-27)9-13-28-29/h9,13,18-19,21-24,30H,3-8,10-12,14-15,17H2,1-2H3/t18-,19-,21+,22-,23-,24+,25-,26-/m1/s1. The maximum atomic E-state index is 11.0. The van der Waals surface area contributed by atoms with Crippen LogP contribution in [0.4, 0.5) is 0 Å². The number of nitrogens with zero attached hydrogens (tertiary/aromatic N) is 3. The third-order valence-electron chi connectivity index (χ3n) is 10.2. The lowest BCUT2D eigenvalue weighted by atomic mass is 9.49. The zero-order valence-electron chi connectivity index (χ0n) is 19.3. The maximum absolute atomic E-state index is 11.0. The van der Waals surface area contributed by atoms with Crippen molar-refractivity contribution in [3.63, 3.8) is 0 Å². The van der Waals surface area contributed by atoms with E-state index in [9.17, 15) is 10.4 Å². The van der Waals surface area contributed by atoms with E-state index in [-0.39, 0.29) is 0 Å². The molecule has 0 bridgehead atoms. The summed E-state index contributed by atoms with van der Waals surface area (Å²) in [6, 6.07) is 4.09. The number of hydrogen-bond acceptors (Lipinski definition) is 4. The molecule has 1 aromatic rings. The van der Waals surface area contributed by atoms with E-state index in [1.807, 2.05) is 10.7 Å². The van der Waals surface area contributed by atoms with Gasteiger partial charge in [0.15, 0.2) is 0 Å². The average molecular weight is 426 g/mol. The highest BCUT2D eigenvalue weighted by Gasteiger charge is 2.57. The lowest BCUT2D eigenvalue weighted by molar-refractivity contribution is -0.124. The molecule has 0 saturated heterocycles.